The van der Waals surface area contributed by atoms with Gasteiger partial charge in [0.1, 0.15) is 11.0 Å². The van der Waals surface area contributed by atoms with Gasteiger partial charge in [0.25, 0.3) is 5.91 Å². The fourth-order valence-electron chi connectivity index (χ4n) is 3.06. The van der Waals surface area contributed by atoms with Crippen molar-refractivity contribution in [3.05, 3.63) is 77.7 Å². The van der Waals surface area contributed by atoms with Gasteiger partial charge in [-0.2, -0.15) is 0 Å². The summed E-state index contributed by atoms with van der Waals surface area (Å²) in [6.45, 7) is 1.85. The second-order valence-electron chi connectivity index (χ2n) is 6.64. The SMILES string of the molecule is Cc1ccc(S(=O)(=O)C(CNC(=O)c2ccc3c(c2)OCO3)c2ccco2)cc1. The van der Waals surface area contributed by atoms with Crippen molar-refractivity contribution in [2.45, 2.75) is 17.1 Å². The van der Waals surface area contributed by atoms with Crippen LogP contribution in [0.3, 0.4) is 0 Å². The zero-order chi connectivity index (χ0) is 20.4. The van der Waals surface area contributed by atoms with Crippen LogP contribution in [0.25, 0.3) is 0 Å². The number of hydrogen-bond donors (Lipinski definition) is 1. The third-order valence-electron chi connectivity index (χ3n) is 4.67. The van der Waals surface area contributed by atoms with Crippen molar-refractivity contribution in [1.82, 2.24) is 5.32 Å². The minimum Gasteiger partial charge on any atom is -0.468 e. The van der Waals surface area contributed by atoms with Crippen molar-refractivity contribution in [2.75, 3.05) is 13.3 Å². The maximum absolute atomic E-state index is 13.2. The molecule has 1 atom stereocenters. The number of furan rings is 1. The Hall–Kier alpha value is -3.26. The molecule has 3 aromatic rings. The Kier molecular flexibility index (Phi) is 5.02. The molecule has 1 N–H and O–H groups in total. The van der Waals surface area contributed by atoms with Crippen molar-refractivity contribution >= 4 is 15.7 Å². The van der Waals surface area contributed by atoms with Crippen LogP contribution in [0.4, 0.5) is 0 Å². The van der Waals surface area contributed by atoms with Crippen molar-refractivity contribution in [3.63, 3.8) is 0 Å². The number of amides is 1. The molecule has 1 aliphatic heterocycles. The number of sulfone groups is 1. The van der Waals surface area contributed by atoms with E-state index in [1.54, 1.807) is 54.6 Å². The number of ether oxygens (including phenoxy) is 2. The highest BCUT2D eigenvalue weighted by molar-refractivity contribution is 7.91. The molecule has 7 nitrogen and oxygen atoms in total. The number of aryl methyl sites for hydroxylation is 1. The summed E-state index contributed by atoms with van der Waals surface area (Å²) in [4.78, 5) is 12.8. The van der Waals surface area contributed by atoms with E-state index >= 15 is 0 Å². The minimum absolute atomic E-state index is 0.107. The molecule has 0 spiro atoms. The lowest BCUT2D eigenvalue weighted by molar-refractivity contribution is 0.0952. The Morgan fingerprint density at radius 3 is 2.55 bits per heavy atom. The highest BCUT2D eigenvalue weighted by atomic mass is 32.2. The van der Waals surface area contributed by atoms with Crippen LogP contribution >= 0.6 is 0 Å². The Morgan fingerprint density at radius 1 is 1.07 bits per heavy atom. The van der Waals surface area contributed by atoms with Crippen molar-refractivity contribution < 1.29 is 27.1 Å². The molecule has 2 heterocycles. The first-order valence-electron chi connectivity index (χ1n) is 8.97. The van der Waals surface area contributed by atoms with Crippen LogP contribution in [0, 0.1) is 6.92 Å². The second kappa shape index (κ2) is 7.63. The van der Waals surface area contributed by atoms with Gasteiger partial charge in [-0.15, -0.1) is 0 Å². The summed E-state index contributed by atoms with van der Waals surface area (Å²) < 4.78 is 42.3. The van der Waals surface area contributed by atoms with Crippen molar-refractivity contribution in [1.29, 1.82) is 0 Å². The smallest absolute Gasteiger partial charge is 0.251 e. The van der Waals surface area contributed by atoms with E-state index in [4.69, 9.17) is 13.9 Å². The summed E-state index contributed by atoms with van der Waals surface area (Å²) in [6.07, 6.45) is 1.41. The Balaban J connectivity index is 1.57. The van der Waals surface area contributed by atoms with E-state index in [1.807, 2.05) is 6.92 Å². The van der Waals surface area contributed by atoms with E-state index in [9.17, 15) is 13.2 Å². The third kappa shape index (κ3) is 3.84. The van der Waals surface area contributed by atoms with Crippen LogP contribution in [0.5, 0.6) is 11.5 Å². The molecule has 0 saturated heterocycles. The zero-order valence-electron chi connectivity index (χ0n) is 15.6. The van der Waals surface area contributed by atoms with Gasteiger partial charge in [0.05, 0.1) is 11.2 Å². The molecule has 1 aliphatic rings. The van der Waals surface area contributed by atoms with Crippen LogP contribution in [-0.2, 0) is 9.84 Å². The molecule has 150 valence electrons. The van der Waals surface area contributed by atoms with Crippen LogP contribution < -0.4 is 14.8 Å². The van der Waals surface area contributed by atoms with E-state index in [1.165, 1.54) is 6.26 Å². The number of carbonyl (C=O) groups is 1. The molecule has 0 saturated carbocycles. The molecule has 1 unspecified atom stereocenters. The maximum Gasteiger partial charge on any atom is 0.251 e. The standard InChI is InChI=1S/C21H19NO6S/c1-14-4-7-16(8-5-14)29(24,25)20(18-3-2-10-26-18)12-22-21(23)15-6-9-17-19(11-15)28-13-27-17/h2-11,20H,12-13H2,1H3,(H,22,23). The van der Waals surface area contributed by atoms with Crippen LogP contribution in [0.15, 0.2) is 70.2 Å². The first-order chi connectivity index (χ1) is 13.9. The van der Waals surface area contributed by atoms with Crippen LogP contribution in [-0.4, -0.2) is 27.7 Å². The topological polar surface area (TPSA) is 94.8 Å². The van der Waals surface area contributed by atoms with Gasteiger partial charge in [0.15, 0.2) is 21.3 Å². The molecule has 1 amide bonds. The Bertz CT molecular complexity index is 1120. The average Bonchev–Trinajstić information content (AvgIpc) is 3.39. The summed E-state index contributed by atoms with van der Waals surface area (Å²) in [5, 5.41) is 1.63. The van der Waals surface area contributed by atoms with Gasteiger partial charge >= 0.3 is 0 Å². The Labute approximate surface area is 168 Å². The molecule has 0 aliphatic carbocycles. The van der Waals surface area contributed by atoms with Crippen LogP contribution in [0.2, 0.25) is 0 Å². The fourth-order valence-corrected chi connectivity index (χ4v) is 4.64. The quantitative estimate of drug-likeness (QED) is 0.667. The highest BCUT2D eigenvalue weighted by Crippen LogP contribution is 2.33. The molecule has 8 heteroatoms. The van der Waals surface area contributed by atoms with E-state index in [-0.39, 0.29) is 24.0 Å². The first-order valence-corrected chi connectivity index (χ1v) is 10.5. The monoisotopic (exact) mass is 413 g/mol. The molecule has 0 fully saturated rings. The number of hydrogen-bond acceptors (Lipinski definition) is 6. The van der Waals surface area contributed by atoms with E-state index in [0.717, 1.165) is 5.56 Å². The Morgan fingerprint density at radius 2 is 1.83 bits per heavy atom. The minimum atomic E-state index is -3.78. The lowest BCUT2D eigenvalue weighted by Crippen LogP contribution is -2.31. The normalized spacial score (nSPS) is 13.8. The van der Waals surface area contributed by atoms with Gasteiger partial charge in [0.2, 0.25) is 6.79 Å². The van der Waals surface area contributed by atoms with Gasteiger partial charge < -0.3 is 19.2 Å². The van der Waals surface area contributed by atoms with Crippen molar-refractivity contribution in [2.24, 2.45) is 0 Å². The first kappa shape index (κ1) is 19.1. The molecule has 2 aromatic carbocycles. The van der Waals surface area contributed by atoms with E-state index in [2.05, 4.69) is 5.32 Å². The summed E-state index contributed by atoms with van der Waals surface area (Å²) in [5.41, 5.74) is 1.30. The molecule has 29 heavy (non-hydrogen) atoms. The maximum atomic E-state index is 13.2. The van der Waals surface area contributed by atoms with Crippen molar-refractivity contribution in [3.8, 4) is 11.5 Å². The summed E-state index contributed by atoms with van der Waals surface area (Å²) in [6, 6.07) is 14.6. The summed E-state index contributed by atoms with van der Waals surface area (Å²) in [5.74, 6) is 0.889. The molecular weight excluding hydrogens is 394 g/mol. The van der Waals surface area contributed by atoms with Gasteiger partial charge in [-0.3, -0.25) is 4.79 Å². The zero-order valence-corrected chi connectivity index (χ0v) is 16.4. The lowest BCUT2D eigenvalue weighted by atomic mass is 10.2. The molecule has 4 rings (SSSR count). The van der Waals surface area contributed by atoms with Gasteiger partial charge in [-0.25, -0.2) is 8.42 Å². The molecule has 1 aromatic heterocycles. The lowest BCUT2D eigenvalue weighted by Gasteiger charge is -2.17. The number of benzene rings is 2. The number of nitrogens with one attached hydrogen (secondary N) is 1. The van der Waals surface area contributed by atoms with Gasteiger partial charge in [-0.1, -0.05) is 17.7 Å². The molecule has 0 bridgehead atoms. The number of fused-ring (bicyclic) bond motifs is 1. The largest absolute Gasteiger partial charge is 0.468 e. The average molecular weight is 413 g/mol. The molecular formula is C21H19NO6S. The van der Waals surface area contributed by atoms with E-state index in [0.29, 0.717) is 17.1 Å². The summed E-state index contributed by atoms with van der Waals surface area (Å²) in [7, 11) is -3.78. The highest BCUT2D eigenvalue weighted by Gasteiger charge is 2.32. The van der Waals surface area contributed by atoms with Gasteiger partial charge in [-0.05, 0) is 49.4 Å². The molecule has 0 radical (unpaired) electrons. The number of carbonyl (C=O) groups excluding carboxylic acids is 1. The third-order valence-corrected chi connectivity index (χ3v) is 6.74. The second-order valence-corrected chi connectivity index (χ2v) is 8.77. The van der Waals surface area contributed by atoms with Crippen LogP contribution in [0.1, 0.15) is 26.9 Å². The summed E-state index contributed by atoms with van der Waals surface area (Å²) >= 11 is 0. The predicted molar refractivity (Wildman–Crippen MR) is 105 cm³/mol. The number of rotatable bonds is 6. The predicted octanol–water partition coefficient (Wildman–Crippen LogP) is 3.26. The van der Waals surface area contributed by atoms with E-state index < -0.39 is 21.0 Å². The van der Waals surface area contributed by atoms with Gasteiger partial charge in [0, 0.05) is 12.1 Å². The fraction of sp³-hybridized carbons (Fsp3) is 0.190.